The van der Waals surface area contributed by atoms with Crippen LogP contribution in [0.4, 0.5) is 0 Å². The summed E-state index contributed by atoms with van der Waals surface area (Å²) in [7, 11) is 0. The highest BCUT2D eigenvalue weighted by Crippen LogP contribution is 2.19. The van der Waals surface area contributed by atoms with Gasteiger partial charge in [0.05, 0.1) is 12.5 Å². The molecule has 0 aliphatic carbocycles. The van der Waals surface area contributed by atoms with Gasteiger partial charge in [0, 0.05) is 18.7 Å². The van der Waals surface area contributed by atoms with E-state index in [0.29, 0.717) is 30.2 Å². The Morgan fingerprint density at radius 3 is 2.48 bits per heavy atom. The summed E-state index contributed by atoms with van der Waals surface area (Å²) in [5, 5.41) is 2.71. The van der Waals surface area contributed by atoms with Crippen molar-refractivity contribution in [1.82, 2.24) is 10.2 Å². The van der Waals surface area contributed by atoms with E-state index in [0.717, 1.165) is 6.42 Å². The lowest BCUT2D eigenvalue weighted by molar-refractivity contribution is -0.148. The monoisotopic (exact) mass is 454 g/mol. The molecule has 8 heteroatoms. The molecule has 8 nitrogen and oxygen atoms in total. The number of hydrogen-bond donors (Lipinski definition) is 1. The van der Waals surface area contributed by atoms with Crippen LogP contribution in [0.1, 0.15) is 37.0 Å². The molecule has 1 aliphatic rings. The van der Waals surface area contributed by atoms with Gasteiger partial charge in [-0.25, -0.2) is 0 Å². The maximum Gasteiger partial charge on any atom is 0.308 e. The molecule has 0 radical (unpaired) electrons. The Bertz CT molecular complexity index is 932. The summed E-state index contributed by atoms with van der Waals surface area (Å²) in [4.78, 5) is 39.3. The van der Waals surface area contributed by atoms with Crippen LogP contribution in [0.5, 0.6) is 11.5 Å². The van der Waals surface area contributed by atoms with E-state index in [2.05, 4.69) is 5.32 Å². The average Bonchev–Trinajstić information content (AvgIpc) is 2.83. The van der Waals surface area contributed by atoms with Crippen LogP contribution in [-0.2, 0) is 14.3 Å². The summed E-state index contributed by atoms with van der Waals surface area (Å²) < 4.78 is 16.5. The Morgan fingerprint density at radius 2 is 1.79 bits per heavy atom. The number of para-hydroxylation sites is 1. The summed E-state index contributed by atoms with van der Waals surface area (Å²) in [6.45, 7) is 4.89. The first-order chi connectivity index (χ1) is 16.0. The largest absolute Gasteiger partial charge is 0.491 e. The van der Waals surface area contributed by atoms with Crippen molar-refractivity contribution in [3.63, 3.8) is 0 Å². The van der Waals surface area contributed by atoms with Crippen molar-refractivity contribution in [2.24, 2.45) is 0 Å². The summed E-state index contributed by atoms with van der Waals surface area (Å²) >= 11 is 0. The summed E-state index contributed by atoms with van der Waals surface area (Å²) in [6, 6.07) is 15.1. The van der Waals surface area contributed by atoms with Crippen LogP contribution in [0.25, 0.3) is 0 Å². The van der Waals surface area contributed by atoms with Crippen molar-refractivity contribution >= 4 is 17.8 Å². The van der Waals surface area contributed by atoms with Crippen LogP contribution < -0.4 is 14.8 Å². The second-order valence-corrected chi connectivity index (χ2v) is 7.75. The van der Waals surface area contributed by atoms with Gasteiger partial charge in [-0.05, 0) is 49.7 Å². The SMILES string of the molecule is CCC(C)Oc1ccc(C(=O)N2CCNC(=O)C2CC(=O)OCCOc2ccccc2)cc1. The van der Waals surface area contributed by atoms with Crippen LogP contribution in [0.15, 0.2) is 54.6 Å². The highest BCUT2D eigenvalue weighted by molar-refractivity contribution is 5.99. The topological polar surface area (TPSA) is 94.2 Å². The predicted octanol–water partition coefficient (Wildman–Crippen LogP) is 2.82. The van der Waals surface area contributed by atoms with E-state index >= 15 is 0 Å². The minimum absolute atomic E-state index is 0.0493. The van der Waals surface area contributed by atoms with E-state index in [1.165, 1.54) is 4.90 Å². The van der Waals surface area contributed by atoms with Gasteiger partial charge in [0.15, 0.2) is 0 Å². The molecule has 1 heterocycles. The number of ether oxygens (including phenoxy) is 3. The van der Waals surface area contributed by atoms with Gasteiger partial charge in [-0.3, -0.25) is 14.4 Å². The lowest BCUT2D eigenvalue weighted by atomic mass is 10.1. The van der Waals surface area contributed by atoms with Gasteiger partial charge in [-0.15, -0.1) is 0 Å². The molecule has 1 aliphatic heterocycles. The molecule has 0 bridgehead atoms. The molecule has 0 aromatic heterocycles. The molecule has 1 N–H and O–H groups in total. The highest BCUT2D eigenvalue weighted by Gasteiger charge is 2.35. The molecule has 2 aromatic carbocycles. The fraction of sp³-hybridized carbons (Fsp3) is 0.400. The van der Waals surface area contributed by atoms with Crippen molar-refractivity contribution in [2.45, 2.75) is 38.8 Å². The molecule has 2 atom stereocenters. The van der Waals surface area contributed by atoms with Crippen molar-refractivity contribution in [3.05, 3.63) is 60.2 Å². The minimum Gasteiger partial charge on any atom is -0.491 e. The average molecular weight is 455 g/mol. The van der Waals surface area contributed by atoms with Crippen LogP contribution in [0.3, 0.4) is 0 Å². The number of piperazine rings is 1. The van der Waals surface area contributed by atoms with Crippen LogP contribution >= 0.6 is 0 Å². The lowest BCUT2D eigenvalue weighted by Gasteiger charge is -2.34. The number of benzene rings is 2. The molecule has 3 rings (SSSR count). The van der Waals surface area contributed by atoms with E-state index in [4.69, 9.17) is 14.2 Å². The Labute approximate surface area is 193 Å². The zero-order valence-electron chi connectivity index (χ0n) is 19.0. The maximum atomic E-state index is 13.1. The number of carbonyl (C=O) groups is 3. The second kappa shape index (κ2) is 11.9. The third kappa shape index (κ3) is 6.97. The van der Waals surface area contributed by atoms with Gasteiger partial charge in [0.1, 0.15) is 30.8 Å². The van der Waals surface area contributed by atoms with E-state index in [1.807, 2.05) is 32.0 Å². The summed E-state index contributed by atoms with van der Waals surface area (Å²) in [5.74, 6) is 0.102. The van der Waals surface area contributed by atoms with E-state index < -0.39 is 12.0 Å². The van der Waals surface area contributed by atoms with Crippen molar-refractivity contribution in [3.8, 4) is 11.5 Å². The summed E-state index contributed by atoms with van der Waals surface area (Å²) in [6.07, 6.45) is 0.725. The number of hydrogen-bond acceptors (Lipinski definition) is 6. The molecule has 2 amide bonds. The number of rotatable bonds is 10. The normalized spacial score (nSPS) is 16.5. The lowest BCUT2D eigenvalue weighted by Crippen LogP contribution is -2.57. The summed E-state index contributed by atoms with van der Waals surface area (Å²) in [5.41, 5.74) is 0.427. The number of nitrogens with one attached hydrogen (secondary N) is 1. The van der Waals surface area contributed by atoms with Gasteiger partial charge >= 0.3 is 5.97 Å². The Hall–Kier alpha value is -3.55. The zero-order valence-corrected chi connectivity index (χ0v) is 19.0. The van der Waals surface area contributed by atoms with E-state index in [-0.39, 0.29) is 37.6 Å². The highest BCUT2D eigenvalue weighted by atomic mass is 16.6. The molecule has 1 fully saturated rings. The van der Waals surface area contributed by atoms with Gasteiger partial charge in [0.2, 0.25) is 5.91 Å². The molecule has 33 heavy (non-hydrogen) atoms. The fourth-order valence-electron chi connectivity index (χ4n) is 3.37. The molecule has 176 valence electrons. The molecule has 2 unspecified atom stereocenters. The second-order valence-electron chi connectivity index (χ2n) is 7.75. The van der Waals surface area contributed by atoms with Crippen LogP contribution in [0, 0.1) is 0 Å². The molecular formula is C25H30N2O6. The molecule has 0 spiro atoms. The predicted molar refractivity (Wildman–Crippen MR) is 122 cm³/mol. The van der Waals surface area contributed by atoms with Crippen molar-refractivity contribution in [1.29, 1.82) is 0 Å². The Morgan fingerprint density at radius 1 is 1.06 bits per heavy atom. The van der Waals surface area contributed by atoms with Crippen LogP contribution in [0.2, 0.25) is 0 Å². The Kier molecular flexibility index (Phi) is 8.69. The van der Waals surface area contributed by atoms with Gasteiger partial charge < -0.3 is 24.4 Å². The van der Waals surface area contributed by atoms with E-state index in [1.54, 1.807) is 36.4 Å². The fourth-order valence-corrected chi connectivity index (χ4v) is 3.37. The number of amides is 2. The molecule has 1 saturated heterocycles. The number of carbonyl (C=O) groups excluding carboxylic acids is 3. The maximum absolute atomic E-state index is 13.1. The Balaban J connectivity index is 1.55. The smallest absolute Gasteiger partial charge is 0.308 e. The standard InChI is InChI=1S/C25H30N2O6/c1-3-18(2)33-21-11-9-19(10-12-21)25(30)27-14-13-26-24(29)22(27)17-23(28)32-16-15-31-20-7-5-4-6-8-20/h4-12,18,22H,3,13-17H2,1-2H3,(H,26,29). The molecule has 2 aromatic rings. The number of nitrogens with zero attached hydrogens (tertiary/aromatic N) is 1. The quantitative estimate of drug-likeness (QED) is 0.438. The third-order valence-corrected chi connectivity index (χ3v) is 5.32. The minimum atomic E-state index is -0.926. The van der Waals surface area contributed by atoms with Gasteiger partial charge in [-0.2, -0.15) is 0 Å². The first kappa shape index (κ1) is 24.1. The van der Waals surface area contributed by atoms with Crippen molar-refractivity contribution < 1.29 is 28.6 Å². The van der Waals surface area contributed by atoms with Gasteiger partial charge in [-0.1, -0.05) is 25.1 Å². The van der Waals surface area contributed by atoms with Crippen LogP contribution in [-0.4, -0.2) is 61.1 Å². The molecular weight excluding hydrogens is 424 g/mol. The van der Waals surface area contributed by atoms with E-state index in [9.17, 15) is 14.4 Å². The molecule has 0 saturated carbocycles. The number of esters is 1. The third-order valence-electron chi connectivity index (χ3n) is 5.32. The first-order valence-electron chi connectivity index (χ1n) is 11.2. The van der Waals surface area contributed by atoms with Gasteiger partial charge in [0.25, 0.3) is 5.91 Å². The van der Waals surface area contributed by atoms with Crippen molar-refractivity contribution in [2.75, 3.05) is 26.3 Å². The first-order valence-corrected chi connectivity index (χ1v) is 11.2. The zero-order chi connectivity index (χ0) is 23.6.